The highest BCUT2D eigenvalue weighted by atomic mass is 127. The van der Waals surface area contributed by atoms with Crippen LogP contribution >= 0.6 is 22.6 Å². The van der Waals surface area contributed by atoms with Gasteiger partial charge in [0.15, 0.2) is 0 Å². The first-order chi connectivity index (χ1) is 15.9. The molecule has 0 radical (unpaired) electrons. The Morgan fingerprint density at radius 3 is 2.79 bits per heavy atom. The Morgan fingerprint density at radius 1 is 1.30 bits per heavy atom. The van der Waals surface area contributed by atoms with Crippen molar-refractivity contribution in [2.75, 3.05) is 5.32 Å². The number of carbonyl (C=O) groups is 1. The second-order valence-electron chi connectivity index (χ2n) is 8.02. The highest BCUT2D eigenvalue weighted by Crippen LogP contribution is 2.32. The fraction of sp³-hybridized carbons (Fsp3) is 0.304. The van der Waals surface area contributed by atoms with Crippen LogP contribution in [0.1, 0.15) is 38.6 Å². The number of nitrogens with one attached hydrogen (secondary N) is 1. The minimum absolute atomic E-state index is 0.218. The number of rotatable bonds is 6. The van der Waals surface area contributed by atoms with Crippen molar-refractivity contribution in [1.82, 2.24) is 19.6 Å². The molecule has 3 N–H and O–H groups in total. The van der Waals surface area contributed by atoms with Crippen molar-refractivity contribution in [3.63, 3.8) is 0 Å². The van der Waals surface area contributed by atoms with Crippen LogP contribution in [0.5, 0.6) is 0 Å². The maximum Gasteiger partial charge on any atom is 0.261 e. The molecule has 1 aliphatic rings. The molecule has 0 bridgehead atoms. The zero-order valence-corrected chi connectivity index (χ0v) is 20.3. The number of fused-ring (bicyclic) bond motifs is 1. The number of amides is 1. The molecule has 0 unspecified atom stereocenters. The summed E-state index contributed by atoms with van der Waals surface area (Å²) < 4.78 is 4.15. The predicted octanol–water partition coefficient (Wildman–Crippen LogP) is 4.36. The number of hydrogen-bond donors (Lipinski definition) is 3. The summed E-state index contributed by atoms with van der Waals surface area (Å²) in [5.41, 5.74) is 2.59. The minimum atomic E-state index is -0.264. The second kappa shape index (κ2) is 10.3. The molecule has 3 aromatic rings. The second-order valence-corrected chi connectivity index (χ2v) is 9.18. The van der Waals surface area contributed by atoms with E-state index in [1.54, 1.807) is 36.0 Å². The molecule has 0 aliphatic heterocycles. The van der Waals surface area contributed by atoms with E-state index in [1.165, 1.54) is 0 Å². The van der Waals surface area contributed by atoms with E-state index in [-0.39, 0.29) is 18.1 Å². The normalized spacial score (nSPS) is 20.0. The summed E-state index contributed by atoms with van der Waals surface area (Å²) in [7, 11) is 0. The number of aliphatic hydroxyl groups excluding tert-OH is 1. The predicted molar refractivity (Wildman–Crippen MR) is 135 cm³/mol. The summed E-state index contributed by atoms with van der Waals surface area (Å²) in [6, 6.07) is 5.91. The van der Waals surface area contributed by atoms with Crippen molar-refractivity contribution in [2.45, 2.75) is 44.8 Å². The van der Waals surface area contributed by atoms with Gasteiger partial charge in [-0.15, -0.1) is 0 Å². The Labute approximate surface area is 204 Å². The van der Waals surface area contributed by atoms with Gasteiger partial charge in [-0.1, -0.05) is 11.2 Å². The van der Waals surface area contributed by atoms with Crippen LogP contribution in [-0.2, 0) is 4.79 Å². The molecule has 2 aromatic heterocycles. The minimum Gasteiger partial charge on any atom is -0.411 e. The van der Waals surface area contributed by atoms with E-state index in [4.69, 9.17) is 10.3 Å². The van der Waals surface area contributed by atoms with E-state index in [2.05, 4.69) is 15.6 Å². The van der Waals surface area contributed by atoms with Crippen molar-refractivity contribution in [1.29, 1.82) is 0 Å². The summed E-state index contributed by atoms with van der Waals surface area (Å²) in [5.74, 6) is -0.264. The van der Waals surface area contributed by atoms with Gasteiger partial charge in [-0.2, -0.15) is 10.2 Å². The van der Waals surface area contributed by atoms with Crippen molar-refractivity contribution in [3.05, 3.63) is 58.6 Å². The number of oxime groups is 1. The van der Waals surface area contributed by atoms with Crippen molar-refractivity contribution >= 4 is 50.8 Å². The summed E-state index contributed by atoms with van der Waals surface area (Å²) in [6.07, 6.45) is 13.5. The molecule has 0 saturated heterocycles. The molecule has 33 heavy (non-hydrogen) atoms. The third-order valence-corrected chi connectivity index (χ3v) is 6.48. The average molecular weight is 560 g/mol. The molecule has 4 rings (SSSR count). The van der Waals surface area contributed by atoms with Gasteiger partial charge in [0.1, 0.15) is 0 Å². The third kappa shape index (κ3) is 5.50. The van der Waals surface area contributed by atoms with Gasteiger partial charge in [-0.05, 0) is 85.5 Å². The van der Waals surface area contributed by atoms with Gasteiger partial charge in [0.25, 0.3) is 5.91 Å². The average Bonchev–Trinajstić information content (AvgIpc) is 3.48. The Balaban J connectivity index is 1.64. The molecule has 172 valence electrons. The summed E-state index contributed by atoms with van der Waals surface area (Å²) in [4.78, 5) is 12.8. The van der Waals surface area contributed by atoms with Gasteiger partial charge in [0.2, 0.25) is 0 Å². The lowest BCUT2D eigenvalue weighted by molar-refractivity contribution is -0.112. The number of carbonyl (C=O) groups excluding carboxylic acids is 1. The van der Waals surface area contributed by atoms with E-state index >= 15 is 0 Å². The first-order valence-electron chi connectivity index (χ1n) is 10.7. The van der Waals surface area contributed by atoms with Crippen LogP contribution in [0.15, 0.2) is 63.8 Å². The summed E-state index contributed by atoms with van der Waals surface area (Å²) in [5, 5.41) is 34.6. The van der Waals surface area contributed by atoms with Gasteiger partial charge in [0.05, 0.1) is 38.3 Å². The topological polar surface area (TPSA) is 118 Å². The van der Waals surface area contributed by atoms with Gasteiger partial charge in [-0.3, -0.25) is 9.48 Å². The smallest absolute Gasteiger partial charge is 0.261 e. The molecule has 1 fully saturated rings. The van der Waals surface area contributed by atoms with Crippen LogP contribution in [-0.4, -0.2) is 47.6 Å². The number of nitrogens with zero attached hydrogens (tertiary/aromatic N) is 5. The first kappa shape index (κ1) is 23.2. The van der Waals surface area contributed by atoms with E-state index in [1.807, 2.05) is 57.9 Å². The zero-order chi connectivity index (χ0) is 23.4. The number of benzene rings is 1. The maximum atomic E-state index is 12.8. The van der Waals surface area contributed by atoms with Crippen LogP contribution in [0, 0.1) is 0 Å². The molecule has 2 heterocycles. The SMILES string of the molecule is CC(/C=C\C=C(/I)C(=O)Nc1cc2cn(C3CCC(O)CC3)nc2cc1-n1cccn1)=N\O. The van der Waals surface area contributed by atoms with Gasteiger partial charge in [0, 0.05) is 24.0 Å². The molecule has 1 aromatic carbocycles. The largest absolute Gasteiger partial charge is 0.411 e. The number of hydrogen-bond acceptors (Lipinski definition) is 6. The fourth-order valence-corrected chi connectivity index (χ4v) is 4.20. The Morgan fingerprint density at radius 2 is 2.09 bits per heavy atom. The zero-order valence-electron chi connectivity index (χ0n) is 18.1. The summed E-state index contributed by atoms with van der Waals surface area (Å²) >= 11 is 1.97. The molecule has 1 saturated carbocycles. The van der Waals surface area contributed by atoms with Gasteiger partial charge in [-0.25, -0.2) is 4.68 Å². The molecule has 0 atom stereocenters. The first-order valence-corrected chi connectivity index (χ1v) is 11.8. The quantitative estimate of drug-likeness (QED) is 0.103. The van der Waals surface area contributed by atoms with Crippen molar-refractivity contribution in [2.24, 2.45) is 5.16 Å². The Kier molecular flexibility index (Phi) is 7.23. The molecular formula is C23H25IN6O3. The van der Waals surface area contributed by atoms with Gasteiger partial charge < -0.3 is 15.6 Å². The van der Waals surface area contributed by atoms with Gasteiger partial charge >= 0.3 is 0 Å². The molecule has 1 amide bonds. The lowest BCUT2D eigenvalue weighted by atomic mass is 9.93. The number of allylic oxidation sites excluding steroid dienone is 3. The molecule has 10 heteroatoms. The molecule has 1 aliphatic carbocycles. The van der Waals surface area contributed by atoms with E-state index in [9.17, 15) is 9.90 Å². The number of halogens is 1. The lowest BCUT2D eigenvalue weighted by Gasteiger charge is -2.25. The van der Waals surface area contributed by atoms with Crippen molar-refractivity contribution < 1.29 is 15.1 Å². The Bertz CT molecular complexity index is 1220. The molecular weight excluding hydrogens is 535 g/mol. The highest BCUT2D eigenvalue weighted by molar-refractivity contribution is 14.1. The van der Waals surface area contributed by atoms with E-state index in [0.717, 1.165) is 36.6 Å². The summed E-state index contributed by atoms with van der Waals surface area (Å²) in [6.45, 7) is 1.65. The lowest BCUT2D eigenvalue weighted by Crippen LogP contribution is -2.21. The van der Waals surface area contributed by atoms with Crippen molar-refractivity contribution in [3.8, 4) is 5.69 Å². The maximum absolute atomic E-state index is 12.8. The monoisotopic (exact) mass is 560 g/mol. The van der Waals surface area contributed by atoms with Crippen LogP contribution < -0.4 is 5.32 Å². The van der Waals surface area contributed by atoms with Crippen LogP contribution in [0.4, 0.5) is 5.69 Å². The Hall–Kier alpha value is -2.99. The number of anilines is 1. The number of aromatic nitrogens is 4. The molecule has 0 spiro atoms. The van der Waals surface area contributed by atoms with E-state index in [0.29, 0.717) is 20.7 Å². The van der Waals surface area contributed by atoms with Crippen LogP contribution in [0.2, 0.25) is 0 Å². The third-order valence-electron chi connectivity index (χ3n) is 5.63. The van der Waals surface area contributed by atoms with Crippen LogP contribution in [0.3, 0.4) is 0 Å². The highest BCUT2D eigenvalue weighted by Gasteiger charge is 2.22. The fourth-order valence-electron chi connectivity index (χ4n) is 3.85. The standard InChI is InChI=1S/C23H25IN6O3/c1-15(28-33)4-2-5-19(24)23(32)26-21-12-16-14-30(17-6-8-18(31)9-7-17)27-20(16)13-22(21)29-11-3-10-25-29/h2-5,10-14,17-18,31,33H,6-9H2,1H3,(H,26,32)/b4-2-,19-5-,28-15+. The molecule has 9 nitrogen and oxygen atoms in total. The number of aliphatic hydroxyl groups is 1. The van der Waals surface area contributed by atoms with E-state index < -0.39 is 0 Å². The van der Waals surface area contributed by atoms with Crippen LogP contribution in [0.25, 0.3) is 16.6 Å².